The molecule has 1 aromatic heterocycles. The van der Waals surface area contributed by atoms with Crippen LogP contribution in [0, 0.1) is 11.6 Å². The van der Waals surface area contributed by atoms with Crippen molar-refractivity contribution in [2.24, 2.45) is 5.73 Å². The topological polar surface area (TPSA) is 56.3 Å². The van der Waals surface area contributed by atoms with E-state index in [4.69, 9.17) is 10.5 Å². The molecule has 0 radical (unpaired) electrons. The second-order valence-corrected chi connectivity index (χ2v) is 9.62. The summed E-state index contributed by atoms with van der Waals surface area (Å²) in [7, 11) is 0. The second-order valence-electron chi connectivity index (χ2n) is 8.36. The van der Waals surface area contributed by atoms with E-state index in [1.54, 1.807) is 20.9 Å². The fourth-order valence-corrected chi connectivity index (χ4v) is 5.30. The molecule has 0 bridgehead atoms. The number of nitrogens with two attached hydrogens (primary N) is 1. The summed E-state index contributed by atoms with van der Waals surface area (Å²) >= 11 is 1.63. The molecule has 1 aliphatic carbocycles. The van der Waals surface area contributed by atoms with Gasteiger partial charge in [-0.3, -0.25) is 4.90 Å². The summed E-state index contributed by atoms with van der Waals surface area (Å²) in [6.45, 7) is 0.576. The highest BCUT2D eigenvalue weighted by Crippen LogP contribution is 2.43. The van der Waals surface area contributed by atoms with Gasteiger partial charge in [0.15, 0.2) is 6.10 Å². The number of benzene rings is 1. The van der Waals surface area contributed by atoms with E-state index in [-0.39, 0.29) is 18.5 Å². The van der Waals surface area contributed by atoms with E-state index in [0.29, 0.717) is 11.8 Å². The molecule has 2 aliphatic heterocycles. The average Bonchev–Trinajstić information content (AvgIpc) is 3.29. The predicted molar refractivity (Wildman–Crippen MR) is 104 cm³/mol. The maximum absolute atomic E-state index is 14.2. The zero-order valence-electron chi connectivity index (χ0n) is 16.4. The molecule has 5 rings (SSSR count). The van der Waals surface area contributed by atoms with Gasteiger partial charge in [0.2, 0.25) is 0 Å². The second kappa shape index (κ2) is 7.72. The molecule has 3 aliphatic rings. The zero-order chi connectivity index (χ0) is 21.9. The molecule has 1 saturated carbocycles. The first-order chi connectivity index (χ1) is 14.7. The van der Waals surface area contributed by atoms with Gasteiger partial charge in [-0.2, -0.15) is 18.3 Å². The van der Waals surface area contributed by atoms with Crippen LogP contribution in [0.4, 0.5) is 22.0 Å². The minimum Gasteiger partial charge on any atom is -0.357 e. The van der Waals surface area contributed by atoms with E-state index in [1.807, 2.05) is 6.20 Å². The number of halogens is 5. The van der Waals surface area contributed by atoms with E-state index < -0.39 is 42.1 Å². The van der Waals surface area contributed by atoms with Crippen molar-refractivity contribution in [1.29, 1.82) is 0 Å². The lowest BCUT2D eigenvalue weighted by atomic mass is 9.89. The lowest BCUT2D eigenvalue weighted by Gasteiger charge is -2.44. The Bertz CT molecular complexity index is 955. The molecule has 4 atom stereocenters. The fourth-order valence-electron chi connectivity index (χ4n) is 4.31. The molecule has 2 fully saturated rings. The average molecular weight is 460 g/mol. The highest BCUT2D eigenvalue weighted by atomic mass is 32.2. The van der Waals surface area contributed by atoms with Gasteiger partial charge in [0.25, 0.3) is 0 Å². The molecule has 1 unspecified atom stereocenters. The van der Waals surface area contributed by atoms with Gasteiger partial charge < -0.3 is 10.5 Å². The van der Waals surface area contributed by atoms with Gasteiger partial charge in [0.1, 0.15) is 17.7 Å². The lowest BCUT2D eigenvalue weighted by molar-refractivity contribution is -0.269. The van der Waals surface area contributed by atoms with Crippen molar-refractivity contribution in [2.45, 2.75) is 68.1 Å². The summed E-state index contributed by atoms with van der Waals surface area (Å²) in [6.07, 6.45) is -4.13. The number of aromatic nitrogens is 2. The minimum absolute atomic E-state index is 0.0636. The molecule has 1 saturated heterocycles. The van der Waals surface area contributed by atoms with Crippen LogP contribution in [-0.2, 0) is 17.8 Å². The van der Waals surface area contributed by atoms with Crippen LogP contribution in [0.15, 0.2) is 24.4 Å². The van der Waals surface area contributed by atoms with Crippen molar-refractivity contribution in [1.82, 2.24) is 14.1 Å². The van der Waals surface area contributed by atoms with Gasteiger partial charge in [-0.05, 0) is 49.4 Å². The van der Waals surface area contributed by atoms with Gasteiger partial charge in [-0.1, -0.05) is 0 Å². The van der Waals surface area contributed by atoms with Gasteiger partial charge >= 0.3 is 6.18 Å². The Hall–Kier alpha value is -1.69. The molecular weight excluding hydrogens is 439 g/mol. The lowest BCUT2D eigenvalue weighted by Crippen LogP contribution is -2.58. The summed E-state index contributed by atoms with van der Waals surface area (Å²) in [5.74, 6) is -1.60. The van der Waals surface area contributed by atoms with Crippen LogP contribution in [0.1, 0.15) is 42.2 Å². The van der Waals surface area contributed by atoms with Crippen molar-refractivity contribution >= 4 is 11.9 Å². The van der Waals surface area contributed by atoms with E-state index in [0.717, 1.165) is 42.3 Å². The quantitative estimate of drug-likeness (QED) is 0.701. The number of fused-ring (bicyclic) bond motifs is 1. The van der Waals surface area contributed by atoms with Crippen LogP contribution in [0.2, 0.25) is 0 Å². The zero-order valence-corrected chi connectivity index (χ0v) is 17.2. The number of alkyl halides is 3. The molecule has 31 heavy (non-hydrogen) atoms. The van der Waals surface area contributed by atoms with Crippen LogP contribution < -0.4 is 5.73 Å². The first-order valence-corrected chi connectivity index (χ1v) is 10.9. The third-order valence-electron chi connectivity index (χ3n) is 5.97. The SMILES string of the molecule is N[C@H]1CC(N2Cc3cn(SC4CC4)nc3C2)[C@@H](C(F)(F)F)O[C@@H]1c1cc(F)ccc1F. The van der Waals surface area contributed by atoms with Gasteiger partial charge in [-0.15, -0.1) is 0 Å². The maximum Gasteiger partial charge on any atom is 0.416 e. The summed E-state index contributed by atoms with van der Waals surface area (Å²) in [5.41, 5.74) is 7.48. The largest absolute Gasteiger partial charge is 0.416 e. The Balaban J connectivity index is 1.36. The highest BCUT2D eigenvalue weighted by molar-refractivity contribution is 7.98. The third-order valence-corrected chi connectivity index (χ3v) is 7.14. The number of nitrogens with zero attached hydrogens (tertiary/aromatic N) is 3. The molecule has 2 aromatic rings. The molecule has 5 nitrogen and oxygen atoms in total. The molecular formula is C20H21F5N4OS. The molecule has 0 spiro atoms. The maximum atomic E-state index is 14.2. The number of ether oxygens (including phenoxy) is 1. The van der Waals surface area contributed by atoms with E-state index in [2.05, 4.69) is 5.10 Å². The Morgan fingerprint density at radius 3 is 2.61 bits per heavy atom. The first kappa shape index (κ1) is 21.2. The Labute approximate surface area is 179 Å². The van der Waals surface area contributed by atoms with E-state index >= 15 is 0 Å². The van der Waals surface area contributed by atoms with Crippen LogP contribution in [0.3, 0.4) is 0 Å². The third kappa shape index (κ3) is 4.20. The van der Waals surface area contributed by atoms with E-state index in [9.17, 15) is 22.0 Å². The van der Waals surface area contributed by atoms with Crippen LogP contribution in [-0.4, -0.2) is 43.7 Å². The Morgan fingerprint density at radius 2 is 1.94 bits per heavy atom. The van der Waals surface area contributed by atoms with Crippen LogP contribution in [0.25, 0.3) is 0 Å². The smallest absolute Gasteiger partial charge is 0.357 e. The number of hydrogen-bond acceptors (Lipinski definition) is 5. The molecule has 0 amide bonds. The summed E-state index contributed by atoms with van der Waals surface area (Å²) in [6, 6.07) is 0.659. The summed E-state index contributed by atoms with van der Waals surface area (Å²) in [5, 5.41) is 5.06. The molecule has 168 valence electrons. The Kier molecular flexibility index (Phi) is 5.27. The molecule has 2 N–H and O–H groups in total. The molecule has 3 heterocycles. The van der Waals surface area contributed by atoms with Gasteiger partial charge in [0, 0.05) is 47.7 Å². The number of hydrogen-bond donors (Lipinski definition) is 1. The van der Waals surface area contributed by atoms with Crippen LogP contribution in [0.5, 0.6) is 0 Å². The van der Waals surface area contributed by atoms with Crippen molar-refractivity contribution in [3.63, 3.8) is 0 Å². The normalized spacial score (nSPS) is 29.4. The van der Waals surface area contributed by atoms with Crippen molar-refractivity contribution in [2.75, 3.05) is 0 Å². The summed E-state index contributed by atoms with van der Waals surface area (Å²) < 4.78 is 76.7. The molecule has 11 heteroatoms. The van der Waals surface area contributed by atoms with E-state index in [1.165, 1.54) is 0 Å². The minimum atomic E-state index is -4.69. The highest BCUT2D eigenvalue weighted by Gasteiger charge is 2.54. The Morgan fingerprint density at radius 1 is 1.16 bits per heavy atom. The standard InChI is InChI=1S/C20H21F5N4OS/c21-11-1-4-14(22)13(5-11)18-15(26)6-17(19(30-18)20(23,24)25)28-7-10-8-29(27-16(10)9-28)31-12-2-3-12/h1,4-5,8,12,15,17-19H,2-3,6-7,9,26H2/t15-,17?,18+,19-/m0/s1. The summed E-state index contributed by atoms with van der Waals surface area (Å²) in [4.78, 5) is 1.67. The predicted octanol–water partition coefficient (Wildman–Crippen LogP) is 3.92. The van der Waals surface area contributed by atoms with Gasteiger partial charge in [0.05, 0.1) is 5.69 Å². The number of rotatable bonds is 4. The van der Waals surface area contributed by atoms with Crippen molar-refractivity contribution in [3.05, 3.63) is 52.9 Å². The molecule has 1 aromatic carbocycles. The van der Waals surface area contributed by atoms with Crippen molar-refractivity contribution in [3.8, 4) is 0 Å². The first-order valence-electron chi connectivity index (χ1n) is 10.1. The monoisotopic (exact) mass is 460 g/mol. The fraction of sp³-hybridized carbons (Fsp3) is 0.550. The van der Waals surface area contributed by atoms with Crippen molar-refractivity contribution < 1.29 is 26.7 Å². The van der Waals surface area contributed by atoms with Crippen LogP contribution >= 0.6 is 11.9 Å². The van der Waals surface area contributed by atoms with Gasteiger partial charge in [-0.25, -0.2) is 12.9 Å².